The highest BCUT2D eigenvalue weighted by Crippen LogP contribution is 2.34. The van der Waals surface area contributed by atoms with E-state index in [4.69, 9.17) is 10.3 Å². The van der Waals surface area contributed by atoms with Gasteiger partial charge in [0.2, 0.25) is 0 Å². The summed E-state index contributed by atoms with van der Waals surface area (Å²) in [6, 6.07) is 3.75. The summed E-state index contributed by atoms with van der Waals surface area (Å²) in [6.45, 7) is 4.27. The fraction of sp³-hybridized carbons (Fsp3) is 0.333. The summed E-state index contributed by atoms with van der Waals surface area (Å²) in [6.07, 6.45) is 0. The normalized spacial score (nSPS) is 11.2. The van der Waals surface area contributed by atoms with Crippen LogP contribution in [0, 0.1) is 0 Å². The second kappa shape index (κ2) is 6.28. The van der Waals surface area contributed by atoms with Gasteiger partial charge in [-0.1, -0.05) is 34.9 Å². The zero-order valence-electron chi connectivity index (χ0n) is 10.5. The summed E-state index contributed by atoms with van der Waals surface area (Å²) in [5.41, 5.74) is 7.34. The van der Waals surface area contributed by atoms with Gasteiger partial charge in [0, 0.05) is 8.95 Å². The van der Waals surface area contributed by atoms with Crippen molar-refractivity contribution in [2.24, 2.45) is 0 Å². The molecule has 1 heterocycles. The third kappa shape index (κ3) is 3.73. The summed E-state index contributed by atoms with van der Waals surface area (Å²) in [4.78, 5) is 4.38. The molecule has 0 aliphatic carbocycles. The number of rotatable bonds is 4. The Hall–Kier alpha value is -0.530. The van der Waals surface area contributed by atoms with Crippen LogP contribution in [0.1, 0.15) is 19.7 Å². The quantitative estimate of drug-likeness (QED) is 0.758. The molecule has 0 aliphatic heterocycles. The average Bonchev–Trinajstić information content (AvgIpc) is 2.79. The lowest BCUT2D eigenvalue weighted by molar-refractivity contribution is 0.425. The molecular formula is C12H13Br2N3OS. The number of hydrogen-bond donors (Lipinski definition) is 1. The number of anilines is 1. The molecule has 0 fully saturated rings. The van der Waals surface area contributed by atoms with Crippen LogP contribution in [0.15, 0.2) is 25.6 Å². The van der Waals surface area contributed by atoms with Gasteiger partial charge in [-0.25, -0.2) is 0 Å². The predicted molar refractivity (Wildman–Crippen MR) is 86.0 cm³/mol. The molecule has 0 aliphatic rings. The Bertz CT molecular complexity index is 586. The first-order chi connectivity index (χ1) is 8.97. The van der Waals surface area contributed by atoms with Crippen molar-refractivity contribution in [3.8, 4) is 11.5 Å². The van der Waals surface area contributed by atoms with Crippen molar-refractivity contribution in [2.75, 3.05) is 5.73 Å². The fourth-order valence-electron chi connectivity index (χ4n) is 1.42. The van der Waals surface area contributed by atoms with Crippen LogP contribution >= 0.6 is 43.6 Å². The number of benzene rings is 1. The Morgan fingerprint density at radius 1 is 1.37 bits per heavy atom. The molecular weight excluding hydrogens is 394 g/mol. The SMILES string of the molecule is CC(C)SCc1noc(-c2cc(Br)cc(Br)c2N)n1. The van der Waals surface area contributed by atoms with E-state index in [9.17, 15) is 0 Å². The lowest BCUT2D eigenvalue weighted by Crippen LogP contribution is -1.93. The van der Waals surface area contributed by atoms with Crippen molar-refractivity contribution in [1.82, 2.24) is 10.1 Å². The highest BCUT2D eigenvalue weighted by molar-refractivity contribution is 9.11. The Labute approximate surface area is 132 Å². The lowest BCUT2D eigenvalue weighted by atomic mass is 10.2. The molecule has 0 atom stereocenters. The van der Waals surface area contributed by atoms with E-state index in [2.05, 4.69) is 55.8 Å². The van der Waals surface area contributed by atoms with E-state index in [1.165, 1.54) is 0 Å². The van der Waals surface area contributed by atoms with E-state index < -0.39 is 0 Å². The van der Waals surface area contributed by atoms with Crippen LogP contribution in [0.25, 0.3) is 11.5 Å². The minimum absolute atomic E-state index is 0.443. The highest BCUT2D eigenvalue weighted by Gasteiger charge is 2.15. The number of halogens is 2. The van der Waals surface area contributed by atoms with Crippen molar-refractivity contribution in [3.63, 3.8) is 0 Å². The first-order valence-corrected chi connectivity index (χ1v) is 8.30. The van der Waals surface area contributed by atoms with Crippen molar-refractivity contribution >= 4 is 49.3 Å². The molecule has 0 spiro atoms. The van der Waals surface area contributed by atoms with E-state index in [0.717, 1.165) is 20.3 Å². The predicted octanol–water partition coefficient (Wildman–Crippen LogP) is 4.49. The second-order valence-corrected chi connectivity index (χ2v) is 7.56. The molecule has 2 N–H and O–H groups in total. The van der Waals surface area contributed by atoms with Crippen molar-refractivity contribution < 1.29 is 4.52 Å². The van der Waals surface area contributed by atoms with Crippen LogP contribution in [0.5, 0.6) is 0 Å². The molecule has 19 heavy (non-hydrogen) atoms. The molecule has 0 unspecified atom stereocenters. The van der Waals surface area contributed by atoms with Gasteiger partial charge in [-0.15, -0.1) is 0 Å². The van der Waals surface area contributed by atoms with E-state index >= 15 is 0 Å². The minimum Gasteiger partial charge on any atom is -0.397 e. The maximum absolute atomic E-state index is 6.01. The molecule has 1 aromatic carbocycles. The molecule has 0 saturated carbocycles. The number of hydrogen-bond acceptors (Lipinski definition) is 5. The fourth-order valence-corrected chi connectivity index (χ4v) is 3.25. The van der Waals surface area contributed by atoms with Crippen LogP contribution < -0.4 is 5.73 Å². The molecule has 2 aromatic rings. The molecule has 4 nitrogen and oxygen atoms in total. The number of nitrogen functional groups attached to an aromatic ring is 1. The molecule has 0 saturated heterocycles. The topological polar surface area (TPSA) is 64.9 Å². The van der Waals surface area contributed by atoms with Gasteiger partial charge in [0.15, 0.2) is 5.82 Å². The van der Waals surface area contributed by atoms with Gasteiger partial charge in [0.05, 0.1) is 17.0 Å². The summed E-state index contributed by atoms with van der Waals surface area (Å²) in [7, 11) is 0. The van der Waals surface area contributed by atoms with Gasteiger partial charge in [0.1, 0.15) is 0 Å². The zero-order valence-corrected chi connectivity index (χ0v) is 14.5. The summed E-state index contributed by atoms with van der Waals surface area (Å²) in [5, 5.41) is 4.51. The minimum atomic E-state index is 0.443. The molecule has 102 valence electrons. The third-order valence-corrected chi connectivity index (χ3v) is 4.54. The van der Waals surface area contributed by atoms with Crippen LogP contribution in [0.2, 0.25) is 0 Å². The summed E-state index contributed by atoms with van der Waals surface area (Å²) < 4.78 is 6.98. The Balaban J connectivity index is 2.28. The monoisotopic (exact) mass is 405 g/mol. The van der Waals surface area contributed by atoms with Crippen LogP contribution in [-0.2, 0) is 5.75 Å². The van der Waals surface area contributed by atoms with Gasteiger partial charge in [0.25, 0.3) is 5.89 Å². The summed E-state index contributed by atoms with van der Waals surface area (Å²) in [5.74, 6) is 1.86. The Kier molecular flexibility index (Phi) is 4.92. The van der Waals surface area contributed by atoms with Crippen molar-refractivity contribution in [2.45, 2.75) is 24.9 Å². The highest BCUT2D eigenvalue weighted by atomic mass is 79.9. The zero-order chi connectivity index (χ0) is 14.0. The standard InChI is InChI=1S/C12H13Br2N3OS/c1-6(2)19-5-10-16-12(18-17-10)8-3-7(13)4-9(14)11(8)15/h3-4,6H,5,15H2,1-2H3. The average molecular weight is 407 g/mol. The number of nitrogens with two attached hydrogens (primary N) is 1. The number of nitrogens with zero attached hydrogens (tertiary/aromatic N) is 2. The van der Waals surface area contributed by atoms with Gasteiger partial charge >= 0.3 is 0 Å². The first kappa shape index (κ1) is 14.9. The molecule has 1 aromatic heterocycles. The Morgan fingerprint density at radius 2 is 2.11 bits per heavy atom. The number of thioether (sulfide) groups is 1. The maximum atomic E-state index is 6.01. The van der Waals surface area contributed by atoms with Crippen LogP contribution in [0.3, 0.4) is 0 Å². The smallest absolute Gasteiger partial charge is 0.260 e. The van der Waals surface area contributed by atoms with Gasteiger partial charge < -0.3 is 10.3 Å². The van der Waals surface area contributed by atoms with Crippen molar-refractivity contribution in [3.05, 3.63) is 26.9 Å². The van der Waals surface area contributed by atoms with Gasteiger partial charge in [-0.3, -0.25) is 0 Å². The van der Waals surface area contributed by atoms with Crippen LogP contribution in [-0.4, -0.2) is 15.4 Å². The van der Waals surface area contributed by atoms with Gasteiger partial charge in [-0.05, 0) is 33.3 Å². The summed E-state index contributed by atoms with van der Waals surface area (Å²) >= 11 is 8.59. The maximum Gasteiger partial charge on any atom is 0.260 e. The van der Waals surface area contributed by atoms with Crippen molar-refractivity contribution in [1.29, 1.82) is 0 Å². The van der Waals surface area contributed by atoms with E-state index in [0.29, 0.717) is 22.7 Å². The van der Waals surface area contributed by atoms with E-state index in [-0.39, 0.29) is 0 Å². The molecule has 0 bridgehead atoms. The third-order valence-electron chi connectivity index (χ3n) is 2.34. The number of aromatic nitrogens is 2. The second-order valence-electron chi connectivity index (χ2n) is 4.22. The lowest BCUT2D eigenvalue weighted by Gasteiger charge is -2.04. The first-order valence-electron chi connectivity index (χ1n) is 5.66. The Morgan fingerprint density at radius 3 is 2.79 bits per heavy atom. The molecule has 7 heteroatoms. The largest absolute Gasteiger partial charge is 0.397 e. The molecule has 0 radical (unpaired) electrons. The van der Waals surface area contributed by atoms with Gasteiger partial charge in [-0.2, -0.15) is 16.7 Å². The van der Waals surface area contributed by atoms with E-state index in [1.807, 2.05) is 12.1 Å². The van der Waals surface area contributed by atoms with Crippen LogP contribution in [0.4, 0.5) is 5.69 Å². The van der Waals surface area contributed by atoms with E-state index in [1.54, 1.807) is 11.8 Å². The molecule has 2 rings (SSSR count). The molecule has 0 amide bonds.